The van der Waals surface area contributed by atoms with Crippen molar-refractivity contribution in [2.24, 2.45) is 0 Å². The molecule has 0 amide bonds. The molecule has 3 aromatic carbocycles. The van der Waals surface area contributed by atoms with Crippen LogP contribution in [0.4, 0.5) is 0 Å². The Kier molecular flexibility index (Phi) is 4.93. The minimum absolute atomic E-state index is 0.326. The van der Waals surface area contributed by atoms with E-state index in [1.807, 2.05) is 91.0 Å². The summed E-state index contributed by atoms with van der Waals surface area (Å²) in [6, 6.07) is 29.8. The van der Waals surface area contributed by atoms with Gasteiger partial charge in [0.05, 0.1) is 36.6 Å². The van der Waals surface area contributed by atoms with Crippen LogP contribution in [0.5, 0.6) is 0 Å². The monoisotopic (exact) mass is 438 g/mol. The first-order chi connectivity index (χ1) is 16.3. The molecule has 8 rings (SSSR count). The summed E-state index contributed by atoms with van der Waals surface area (Å²) in [6.07, 6.45) is -2.10. The molecule has 162 valence electrons. The van der Waals surface area contributed by atoms with Crippen LogP contribution in [-0.2, 0) is 27.9 Å². The van der Waals surface area contributed by atoms with Gasteiger partial charge in [-0.05, 0) is 16.4 Å². The molecule has 0 atom stereocenters. The van der Waals surface area contributed by atoms with E-state index in [0.29, 0.717) is 0 Å². The van der Waals surface area contributed by atoms with Crippen LogP contribution in [-0.4, -0.2) is 58.0 Å². The maximum absolute atomic E-state index is 6.55. The fourth-order valence-corrected chi connectivity index (χ4v) is 5.31. The quantitative estimate of drug-likeness (QED) is 0.557. The highest BCUT2D eigenvalue weighted by atomic mass is 16.7. The predicted octanol–water partition coefficient (Wildman–Crippen LogP) is 0.538. The van der Waals surface area contributed by atoms with Gasteiger partial charge in [-0.2, -0.15) is 0 Å². The summed E-state index contributed by atoms with van der Waals surface area (Å²) < 4.78 is 38.8. The van der Waals surface area contributed by atoms with Crippen molar-refractivity contribution in [1.82, 2.24) is 0 Å². The smallest absolute Gasteiger partial charge is 0.399 e. The van der Waals surface area contributed by atoms with Crippen molar-refractivity contribution in [3.63, 3.8) is 0 Å². The normalized spacial score (nSPS) is 32.5. The van der Waals surface area contributed by atoms with Crippen molar-refractivity contribution < 1.29 is 27.9 Å². The van der Waals surface area contributed by atoms with Crippen LogP contribution in [0.3, 0.4) is 0 Å². The second kappa shape index (κ2) is 8.13. The zero-order valence-electron chi connectivity index (χ0n) is 17.8. The van der Waals surface area contributed by atoms with Crippen LogP contribution in [0.25, 0.3) is 0 Å². The van der Waals surface area contributed by atoms with Crippen LogP contribution in [0.2, 0.25) is 0 Å². The highest BCUT2D eigenvalue weighted by Crippen LogP contribution is 2.43. The minimum Gasteiger partial charge on any atom is -0.399 e. The van der Waals surface area contributed by atoms with Gasteiger partial charge in [0.25, 0.3) is 0 Å². The van der Waals surface area contributed by atoms with E-state index in [4.69, 9.17) is 27.9 Å². The van der Waals surface area contributed by atoms with Gasteiger partial charge >= 0.3 is 21.4 Å². The Bertz CT molecular complexity index is 1010. The Balaban J connectivity index is 1.23. The average molecular weight is 438 g/mol. The Hall–Kier alpha value is -2.39. The van der Waals surface area contributed by atoms with E-state index >= 15 is 0 Å². The molecular weight excluding hydrogens is 417 g/mol. The van der Waals surface area contributed by atoms with Gasteiger partial charge in [-0.15, -0.1) is 0 Å². The summed E-state index contributed by atoms with van der Waals surface area (Å²) in [5, 5.41) is 0. The molecule has 3 aromatic rings. The minimum atomic E-state index is -0.540. The first-order valence-electron chi connectivity index (χ1n) is 11.4. The lowest BCUT2D eigenvalue weighted by molar-refractivity contribution is -0.106. The van der Waals surface area contributed by atoms with Crippen molar-refractivity contribution in [3.8, 4) is 0 Å². The third-order valence-electron chi connectivity index (χ3n) is 6.84. The second-order valence-corrected chi connectivity index (χ2v) is 8.83. The number of fused-ring (bicyclic) bond motifs is 2. The van der Waals surface area contributed by atoms with Gasteiger partial charge in [0.1, 0.15) is 0 Å². The van der Waals surface area contributed by atoms with Crippen molar-refractivity contribution in [3.05, 3.63) is 91.0 Å². The Labute approximate surface area is 193 Å². The van der Waals surface area contributed by atoms with Crippen molar-refractivity contribution in [2.45, 2.75) is 36.6 Å². The molecule has 6 nitrogen and oxygen atoms in total. The molecule has 0 radical (unpaired) electrons. The molecule has 5 aliphatic rings. The molecule has 0 spiro atoms. The molecule has 0 N–H and O–H groups in total. The summed E-state index contributed by atoms with van der Waals surface area (Å²) >= 11 is 0. The van der Waals surface area contributed by atoms with E-state index < -0.39 is 33.6 Å². The summed E-state index contributed by atoms with van der Waals surface area (Å²) in [5.74, 6) is 0. The van der Waals surface area contributed by atoms with Crippen LogP contribution in [0.15, 0.2) is 91.0 Å². The standard InChI is InChI=1S/C24H21B3O6/c1-4-10-16(11-5-1)25-28-19-20(29-25)24-22-21(30-26(31-22)17-12-6-2-7-13-17)23(19)32-27(33-24)18-14-8-3-9-15-18/h1-15,19-24H/t19-,20+,21+,22-,23?,24?. The molecular formula is C24H21B3O6. The Morgan fingerprint density at radius 2 is 0.545 bits per heavy atom. The zero-order chi connectivity index (χ0) is 21.8. The van der Waals surface area contributed by atoms with E-state index in [1.54, 1.807) is 0 Å². The first-order valence-corrected chi connectivity index (χ1v) is 11.4. The van der Waals surface area contributed by atoms with E-state index in [0.717, 1.165) is 16.4 Å². The third kappa shape index (κ3) is 3.39. The van der Waals surface area contributed by atoms with Crippen LogP contribution < -0.4 is 16.4 Å². The molecule has 0 aromatic heterocycles. The van der Waals surface area contributed by atoms with Gasteiger partial charge in [0.15, 0.2) is 0 Å². The highest BCUT2D eigenvalue weighted by molar-refractivity contribution is 6.63. The maximum atomic E-state index is 6.55. The third-order valence-corrected chi connectivity index (χ3v) is 6.84. The number of benzene rings is 3. The van der Waals surface area contributed by atoms with Gasteiger partial charge in [0.2, 0.25) is 0 Å². The lowest BCUT2D eigenvalue weighted by Crippen LogP contribution is -2.60. The molecule has 4 aliphatic heterocycles. The Morgan fingerprint density at radius 1 is 0.333 bits per heavy atom. The van der Waals surface area contributed by atoms with Crippen LogP contribution in [0, 0.1) is 0 Å². The lowest BCUT2D eigenvalue weighted by Gasteiger charge is -2.40. The topological polar surface area (TPSA) is 55.4 Å². The SMILES string of the molecule is c1ccc(B2OC3[C@H]4OB(c5ccccc5)O[C@H]4C(O2)[C@H]2OB(c4ccccc4)O[C@@H]32)cc1. The second-order valence-electron chi connectivity index (χ2n) is 8.83. The molecule has 1 aliphatic carbocycles. The number of hydrogen-bond acceptors (Lipinski definition) is 6. The molecule has 33 heavy (non-hydrogen) atoms. The summed E-state index contributed by atoms with van der Waals surface area (Å²) in [6.45, 7) is 0. The van der Waals surface area contributed by atoms with Gasteiger partial charge < -0.3 is 27.9 Å². The molecule has 1 saturated carbocycles. The van der Waals surface area contributed by atoms with E-state index in [1.165, 1.54) is 0 Å². The molecule has 4 heterocycles. The molecule has 2 bridgehead atoms. The lowest BCUT2D eigenvalue weighted by atomic mass is 9.78. The summed E-state index contributed by atoms with van der Waals surface area (Å²) in [7, 11) is -1.49. The Morgan fingerprint density at radius 3 is 0.758 bits per heavy atom. The molecule has 9 heteroatoms. The van der Waals surface area contributed by atoms with E-state index in [9.17, 15) is 0 Å². The average Bonchev–Trinajstić information content (AvgIpc) is 3.46. The van der Waals surface area contributed by atoms with Crippen molar-refractivity contribution in [2.75, 3.05) is 0 Å². The maximum Gasteiger partial charge on any atom is 0.494 e. The number of rotatable bonds is 3. The number of hydrogen-bond donors (Lipinski definition) is 0. The van der Waals surface area contributed by atoms with Gasteiger partial charge in [-0.3, -0.25) is 0 Å². The first kappa shape index (κ1) is 20.0. The largest absolute Gasteiger partial charge is 0.494 e. The summed E-state index contributed by atoms with van der Waals surface area (Å²) in [4.78, 5) is 0. The van der Waals surface area contributed by atoms with Gasteiger partial charge in [-0.1, -0.05) is 91.0 Å². The van der Waals surface area contributed by atoms with Crippen molar-refractivity contribution in [1.29, 1.82) is 0 Å². The highest BCUT2D eigenvalue weighted by Gasteiger charge is 2.66. The van der Waals surface area contributed by atoms with Crippen LogP contribution in [0.1, 0.15) is 0 Å². The van der Waals surface area contributed by atoms with E-state index in [2.05, 4.69) is 0 Å². The molecule has 5 fully saturated rings. The zero-order valence-corrected chi connectivity index (χ0v) is 17.8. The van der Waals surface area contributed by atoms with E-state index in [-0.39, 0.29) is 24.4 Å². The van der Waals surface area contributed by atoms with Crippen molar-refractivity contribution >= 4 is 37.7 Å². The van der Waals surface area contributed by atoms with Gasteiger partial charge in [0, 0.05) is 0 Å². The predicted molar refractivity (Wildman–Crippen MR) is 125 cm³/mol. The molecule has 4 saturated heterocycles. The van der Waals surface area contributed by atoms with Gasteiger partial charge in [-0.25, -0.2) is 0 Å². The van der Waals surface area contributed by atoms with Crippen LogP contribution >= 0.6 is 0 Å². The summed E-state index contributed by atoms with van der Waals surface area (Å²) in [5.41, 5.74) is 2.89. The fourth-order valence-electron chi connectivity index (χ4n) is 5.31. The molecule has 0 unspecified atom stereocenters. The fraction of sp³-hybridized carbons (Fsp3) is 0.250.